The summed E-state index contributed by atoms with van der Waals surface area (Å²) in [5.41, 5.74) is 0.755. The number of pyridine rings is 1. The molecule has 1 N–H and O–H groups in total. The van der Waals surface area contributed by atoms with E-state index in [0.29, 0.717) is 36.4 Å². The highest BCUT2D eigenvalue weighted by atomic mass is 19.4. The fraction of sp³-hybridized carbons (Fsp3) is 0.364. The van der Waals surface area contributed by atoms with Crippen LogP contribution in [0.25, 0.3) is 5.69 Å². The van der Waals surface area contributed by atoms with Crippen LogP contribution in [-0.2, 0) is 6.18 Å². The van der Waals surface area contributed by atoms with Crippen LogP contribution in [0, 0.1) is 12.7 Å². The van der Waals surface area contributed by atoms with Gasteiger partial charge in [0.15, 0.2) is 11.6 Å². The number of para-hydroxylation sites is 1. The van der Waals surface area contributed by atoms with Crippen molar-refractivity contribution < 1.29 is 22.4 Å². The van der Waals surface area contributed by atoms with E-state index in [-0.39, 0.29) is 29.9 Å². The Balaban J connectivity index is 1.40. The van der Waals surface area contributed by atoms with Crippen molar-refractivity contribution in [3.63, 3.8) is 0 Å². The van der Waals surface area contributed by atoms with Crippen LogP contribution in [0.15, 0.2) is 42.9 Å². The van der Waals surface area contributed by atoms with Crippen LogP contribution in [0.2, 0.25) is 0 Å². The minimum absolute atomic E-state index is 0.0588. The van der Waals surface area contributed by atoms with Crippen molar-refractivity contribution >= 4 is 11.7 Å². The zero-order valence-corrected chi connectivity index (χ0v) is 17.6. The third-order valence-electron chi connectivity index (χ3n) is 6.35. The summed E-state index contributed by atoms with van der Waals surface area (Å²) in [5.74, 6) is -1.50. The molecule has 33 heavy (non-hydrogen) atoms. The molecule has 3 unspecified atom stereocenters. The Morgan fingerprint density at radius 1 is 1.18 bits per heavy atom. The van der Waals surface area contributed by atoms with Crippen LogP contribution in [0.3, 0.4) is 0 Å². The van der Waals surface area contributed by atoms with Gasteiger partial charge in [-0.2, -0.15) is 28.2 Å². The fourth-order valence-corrected chi connectivity index (χ4v) is 4.90. The molecular weight excluding hydrogens is 440 g/mol. The van der Waals surface area contributed by atoms with E-state index in [0.717, 1.165) is 12.0 Å². The molecule has 3 aromatic rings. The Labute approximate surface area is 186 Å². The van der Waals surface area contributed by atoms with E-state index in [1.165, 1.54) is 17.2 Å². The van der Waals surface area contributed by atoms with Gasteiger partial charge in [0.1, 0.15) is 5.69 Å². The lowest BCUT2D eigenvalue weighted by molar-refractivity contribution is -0.138. The Hall–Kier alpha value is -3.50. The maximum atomic E-state index is 14.3. The number of anilines is 1. The molecule has 172 valence electrons. The van der Waals surface area contributed by atoms with Gasteiger partial charge in [0, 0.05) is 12.2 Å². The SMILES string of the molecule is Cc1cccc(C(=O)N2C3CCC2C(Nc2ncc(C(F)(F)F)cc2F)C3)c1-n1nccn1. The van der Waals surface area contributed by atoms with E-state index in [1.807, 2.05) is 13.0 Å². The van der Waals surface area contributed by atoms with Crippen molar-refractivity contribution in [2.75, 3.05) is 5.32 Å². The van der Waals surface area contributed by atoms with E-state index in [1.54, 1.807) is 17.0 Å². The summed E-state index contributed by atoms with van der Waals surface area (Å²) in [5, 5.41) is 11.3. The first-order valence-electron chi connectivity index (χ1n) is 10.5. The lowest BCUT2D eigenvalue weighted by atomic mass is 9.95. The highest BCUT2D eigenvalue weighted by Gasteiger charge is 2.49. The van der Waals surface area contributed by atoms with Crippen LogP contribution >= 0.6 is 0 Å². The highest BCUT2D eigenvalue weighted by Crippen LogP contribution is 2.41. The molecule has 0 saturated carbocycles. The number of amides is 1. The summed E-state index contributed by atoms with van der Waals surface area (Å²) in [6.45, 7) is 1.87. The predicted octanol–water partition coefficient (Wildman–Crippen LogP) is 3.99. The van der Waals surface area contributed by atoms with Crippen molar-refractivity contribution in [2.45, 2.75) is 50.5 Å². The predicted molar refractivity (Wildman–Crippen MR) is 110 cm³/mol. The number of benzene rings is 1. The summed E-state index contributed by atoms with van der Waals surface area (Å²) in [7, 11) is 0. The molecule has 2 aliphatic rings. The third-order valence-corrected chi connectivity index (χ3v) is 6.35. The first kappa shape index (κ1) is 21.4. The van der Waals surface area contributed by atoms with Gasteiger partial charge in [0.05, 0.1) is 35.6 Å². The van der Waals surface area contributed by atoms with Gasteiger partial charge in [-0.1, -0.05) is 12.1 Å². The van der Waals surface area contributed by atoms with E-state index >= 15 is 0 Å². The van der Waals surface area contributed by atoms with Gasteiger partial charge in [-0.25, -0.2) is 9.37 Å². The molecule has 5 rings (SSSR count). The number of carbonyl (C=O) groups is 1. The molecule has 0 radical (unpaired) electrons. The molecule has 2 aromatic heterocycles. The number of halogens is 4. The van der Waals surface area contributed by atoms with E-state index < -0.39 is 17.6 Å². The number of fused-ring (bicyclic) bond motifs is 2. The summed E-state index contributed by atoms with van der Waals surface area (Å²) >= 11 is 0. The molecular formula is C22H20F4N6O. The smallest absolute Gasteiger partial charge is 0.363 e. The van der Waals surface area contributed by atoms with Crippen molar-refractivity contribution in [3.05, 3.63) is 65.4 Å². The lowest BCUT2D eigenvalue weighted by Crippen LogP contribution is -2.40. The molecule has 11 heteroatoms. The first-order chi connectivity index (χ1) is 15.7. The number of hydrogen-bond acceptors (Lipinski definition) is 5. The Kier molecular flexibility index (Phi) is 5.06. The third kappa shape index (κ3) is 3.70. The zero-order chi connectivity index (χ0) is 23.3. The van der Waals surface area contributed by atoms with Crippen molar-refractivity contribution in [1.82, 2.24) is 24.9 Å². The maximum Gasteiger partial charge on any atom is 0.417 e. The minimum atomic E-state index is -4.67. The number of aromatic nitrogens is 4. The summed E-state index contributed by atoms with van der Waals surface area (Å²) in [6.07, 6.45) is 1.07. The molecule has 1 aromatic carbocycles. The Morgan fingerprint density at radius 3 is 2.64 bits per heavy atom. The second kappa shape index (κ2) is 7.82. The molecule has 2 saturated heterocycles. The van der Waals surface area contributed by atoms with Gasteiger partial charge in [-0.15, -0.1) is 0 Å². The molecule has 7 nitrogen and oxygen atoms in total. The average Bonchev–Trinajstić information content (AvgIpc) is 3.50. The molecule has 0 aliphatic carbocycles. The molecule has 1 amide bonds. The average molecular weight is 460 g/mol. The number of rotatable bonds is 4. The summed E-state index contributed by atoms with van der Waals surface area (Å²) < 4.78 is 52.8. The molecule has 0 spiro atoms. The molecule has 2 bridgehead atoms. The fourth-order valence-electron chi connectivity index (χ4n) is 4.90. The number of carbonyl (C=O) groups excluding carboxylic acids is 1. The highest BCUT2D eigenvalue weighted by molar-refractivity contribution is 5.99. The van der Waals surface area contributed by atoms with Crippen LogP contribution in [0.5, 0.6) is 0 Å². The van der Waals surface area contributed by atoms with E-state index in [2.05, 4.69) is 20.5 Å². The van der Waals surface area contributed by atoms with Gasteiger partial charge in [0.25, 0.3) is 5.91 Å². The van der Waals surface area contributed by atoms with E-state index in [4.69, 9.17) is 0 Å². The van der Waals surface area contributed by atoms with Crippen LogP contribution < -0.4 is 5.32 Å². The number of nitrogens with zero attached hydrogens (tertiary/aromatic N) is 5. The van der Waals surface area contributed by atoms with Gasteiger partial charge >= 0.3 is 6.18 Å². The number of alkyl halides is 3. The van der Waals surface area contributed by atoms with Crippen molar-refractivity contribution in [2.24, 2.45) is 0 Å². The van der Waals surface area contributed by atoms with Crippen LogP contribution in [0.1, 0.15) is 40.7 Å². The first-order valence-corrected chi connectivity index (χ1v) is 10.5. The number of hydrogen-bond donors (Lipinski definition) is 1. The van der Waals surface area contributed by atoms with Crippen molar-refractivity contribution in [3.8, 4) is 5.69 Å². The molecule has 4 heterocycles. The van der Waals surface area contributed by atoms with Gasteiger partial charge in [0.2, 0.25) is 0 Å². The topological polar surface area (TPSA) is 75.9 Å². The summed E-state index contributed by atoms with van der Waals surface area (Å²) in [6, 6.07) is 5.22. The largest absolute Gasteiger partial charge is 0.417 e. The van der Waals surface area contributed by atoms with Crippen molar-refractivity contribution in [1.29, 1.82) is 0 Å². The van der Waals surface area contributed by atoms with Crippen LogP contribution in [0.4, 0.5) is 23.4 Å². The van der Waals surface area contributed by atoms with Gasteiger partial charge in [-0.05, 0) is 43.9 Å². The normalized spacial score (nSPS) is 22.1. The number of aryl methyl sites for hydroxylation is 1. The molecule has 2 aliphatic heterocycles. The second-order valence-electron chi connectivity index (χ2n) is 8.34. The molecule has 2 fully saturated rings. The Morgan fingerprint density at radius 2 is 1.94 bits per heavy atom. The Bertz CT molecular complexity index is 1200. The number of nitrogens with one attached hydrogen (secondary N) is 1. The van der Waals surface area contributed by atoms with Gasteiger partial charge in [-0.3, -0.25) is 4.79 Å². The quantitative estimate of drug-likeness (QED) is 0.596. The monoisotopic (exact) mass is 460 g/mol. The van der Waals surface area contributed by atoms with Gasteiger partial charge < -0.3 is 10.2 Å². The maximum absolute atomic E-state index is 14.3. The second-order valence-corrected chi connectivity index (χ2v) is 8.34. The van der Waals surface area contributed by atoms with Crippen LogP contribution in [-0.4, -0.2) is 48.9 Å². The minimum Gasteiger partial charge on any atom is -0.363 e. The van der Waals surface area contributed by atoms with E-state index in [9.17, 15) is 22.4 Å². The lowest BCUT2D eigenvalue weighted by Gasteiger charge is -2.26. The summed E-state index contributed by atoms with van der Waals surface area (Å²) in [4.78, 5) is 20.5. The zero-order valence-electron chi connectivity index (χ0n) is 17.6. The standard InChI is InChI=1S/C22H20F4N6O/c1-12-3-2-4-15(19(12)32-28-7-8-29-32)21(33)31-14-5-6-18(31)17(10-14)30-20-16(23)9-13(11-27-20)22(24,25)26/h2-4,7-9,11,14,17-18H,5-6,10H2,1H3,(H,27,30). The molecule has 3 atom stereocenters.